The van der Waals surface area contributed by atoms with Crippen molar-refractivity contribution in [3.05, 3.63) is 51.2 Å². The zero-order valence-corrected chi connectivity index (χ0v) is 11.7. The molecule has 0 fully saturated rings. The predicted molar refractivity (Wildman–Crippen MR) is 74.0 cm³/mol. The first kappa shape index (κ1) is 13.7. The van der Waals surface area contributed by atoms with E-state index in [1.54, 1.807) is 0 Å². The van der Waals surface area contributed by atoms with E-state index in [4.69, 9.17) is 11.6 Å². The van der Waals surface area contributed by atoms with Gasteiger partial charge in [0.05, 0.1) is 5.56 Å². The lowest BCUT2D eigenvalue weighted by molar-refractivity contribution is 0.577. The highest BCUT2D eigenvalue weighted by molar-refractivity contribution is 6.30. The fourth-order valence-corrected chi connectivity index (χ4v) is 1.92. The second kappa shape index (κ2) is 4.78. The molecule has 1 N–H and O–H groups in total. The van der Waals surface area contributed by atoms with Crippen LogP contribution in [0.25, 0.3) is 11.4 Å². The van der Waals surface area contributed by atoms with Crippen LogP contribution in [0.2, 0.25) is 5.02 Å². The minimum Gasteiger partial charge on any atom is -0.306 e. The SMILES string of the molecule is CC(C)(C)c1cnc(-c2cc(Cl)ccc2F)[nH]c1=O. The third-order valence-corrected chi connectivity index (χ3v) is 3.03. The number of H-pyrrole nitrogens is 1. The van der Waals surface area contributed by atoms with E-state index < -0.39 is 5.82 Å². The van der Waals surface area contributed by atoms with Gasteiger partial charge in [-0.1, -0.05) is 32.4 Å². The Hall–Kier alpha value is -1.68. The molecule has 3 nitrogen and oxygen atoms in total. The summed E-state index contributed by atoms with van der Waals surface area (Å²) in [6.07, 6.45) is 1.48. The Balaban J connectivity index is 2.57. The van der Waals surface area contributed by atoms with Gasteiger partial charge < -0.3 is 4.98 Å². The molecule has 1 heterocycles. The van der Waals surface area contributed by atoms with E-state index in [1.165, 1.54) is 24.4 Å². The Bertz CT molecular complexity index is 674. The van der Waals surface area contributed by atoms with Crippen molar-refractivity contribution in [2.75, 3.05) is 0 Å². The first-order valence-corrected chi connectivity index (χ1v) is 6.22. The van der Waals surface area contributed by atoms with Gasteiger partial charge in [-0.05, 0) is 23.6 Å². The third-order valence-electron chi connectivity index (χ3n) is 2.79. The number of halogens is 2. The predicted octanol–water partition coefficient (Wildman–Crippen LogP) is 3.53. The number of aromatic nitrogens is 2. The quantitative estimate of drug-likeness (QED) is 0.868. The summed E-state index contributed by atoms with van der Waals surface area (Å²) >= 11 is 5.82. The van der Waals surface area contributed by atoms with E-state index in [0.29, 0.717) is 10.6 Å². The Labute approximate surface area is 115 Å². The molecule has 0 aliphatic rings. The summed E-state index contributed by atoms with van der Waals surface area (Å²) in [5, 5.41) is 0.388. The molecule has 0 saturated heterocycles. The van der Waals surface area contributed by atoms with E-state index in [-0.39, 0.29) is 22.4 Å². The Morgan fingerprint density at radius 1 is 1.32 bits per heavy atom. The fraction of sp³-hybridized carbons (Fsp3) is 0.286. The van der Waals surface area contributed by atoms with Gasteiger partial charge in [0.25, 0.3) is 5.56 Å². The van der Waals surface area contributed by atoms with Crippen molar-refractivity contribution in [1.29, 1.82) is 0 Å². The van der Waals surface area contributed by atoms with Crippen LogP contribution < -0.4 is 5.56 Å². The number of hydrogen-bond donors (Lipinski definition) is 1. The van der Waals surface area contributed by atoms with Crippen LogP contribution in [0.4, 0.5) is 4.39 Å². The molecule has 0 radical (unpaired) electrons. The van der Waals surface area contributed by atoms with Gasteiger partial charge in [0.1, 0.15) is 11.6 Å². The van der Waals surface area contributed by atoms with E-state index in [1.807, 2.05) is 20.8 Å². The summed E-state index contributed by atoms with van der Waals surface area (Å²) in [6, 6.07) is 4.13. The number of benzene rings is 1. The van der Waals surface area contributed by atoms with Crippen molar-refractivity contribution in [2.24, 2.45) is 0 Å². The number of nitrogens with one attached hydrogen (secondary N) is 1. The van der Waals surface area contributed by atoms with Gasteiger partial charge in [0.2, 0.25) is 0 Å². The highest BCUT2D eigenvalue weighted by Gasteiger charge is 2.19. The second-order valence-electron chi connectivity index (χ2n) is 5.35. The molecule has 0 bridgehead atoms. The molecule has 2 rings (SSSR count). The second-order valence-corrected chi connectivity index (χ2v) is 5.79. The molecule has 100 valence electrons. The van der Waals surface area contributed by atoms with Crippen LogP contribution in [0, 0.1) is 5.82 Å². The lowest BCUT2D eigenvalue weighted by Crippen LogP contribution is -2.25. The maximum Gasteiger partial charge on any atom is 0.254 e. The van der Waals surface area contributed by atoms with Gasteiger partial charge in [0, 0.05) is 16.8 Å². The van der Waals surface area contributed by atoms with Crippen LogP contribution in [-0.4, -0.2) is 9.97 Å². The fourth-order valence-electron chi connectivity index (χ4n) is 1.74. The van der Waals surface area contributed by atoms with E-state index in [9.17, 15) is 9.18 Å². The topological polar surface area (TPSA) is 45.8 Å². The normalized spacial score (nSPS) is 11.6. The van der Waals surface area contributed by atoms with Crippen LogP contribution in [0.15, 0.2) is 29.2 Å². The average Bonchev–Trinajstić information content (AvgIpc) is 2.30. The summed E-state index contributed by atoms with van der Waals surface area (Å²) in [6.45, 7) is 5.75. The summed E-state index contributed by atoms with van der Waals surface area (Å²) in [7, 11) is 0. The van der Waals surface area contributed by atoms with Gasteiger partial charge in [-0.15, -0.1) is 0 Å². The van der Waals surface area contributed by atoms with Gasteiger partial charge >= 0.3 is 0 Å². The minimum absolute atomic E-state index is 0.179. The van der Waals surface area contributed by atoms with Crippen molar-refractivity contribution in [3.63, 3.8) is 0 Å². The molecule has 0 saturated carbocycles. The molecule has 0 spiro atoms. The van der Waals surface area contributed by atoms with Crippen LogP contribution >= 0.6 is 11.6 Å². The Morgan fingerprint density at radius 3 is 2.58 bits per heavy atom. The molecular formula is C14H14ClFN2O. The maximum atomic E-state index is 13.7. The number of rotatable bonds is 1. The van der Waals surface area contributed by atoms with Gasteiger partial charge in [-0.3, -0.25) is 4.79 Å². The molecule has 0 amide bonds. The van der Waals surface area contributed by atoms with Crippen molar-refractivity contribution >= 4 is 11.6 Å². The summed E-state index contributed by atoms with van der Waals surface area (Å²) in [4.78, 5) is 18.7. The third kappa shape index (κ3) is 2.84. The zero-order valence-electron chi connectivity index (χ0n) is 10.9. The molecule has 0 aliphatic heterocycles. The molecule has 0 aliphatic carbocycles. The molecule has 1 aromatic heterocycles. The number of aromatic amines is 1. The first-order valence-electron chi connectivity index (χ1n) is 5.84. The summed E-state index contributed by atoms with van der Waals surface area (Å²) in [5.74, 6) is -0.297. The van der Waals surface area contributed by atoms with Crippen molar-refractivity contribution in [2.45, 2.75) is 26.2 Å². The van der Waals surface area contributed by atoms with Crippen LogP contribution in [-0.2, 0) is 5.41 Å². The van der Waals surface area contributed by atoms with Crippen LogP contribution in [0.1, 0.15) is 26.3 Å². The lowest BCUT2D eigenvalue weighted by atomic mass is 9.89. The molecule has 2 aromatic rings. The first-order chi connectivity index (χ1) is 8.79. The summed E-state index contributed by atoms with van der Waals surface area (Å²) < 4.78 is 13.7. The van der Waals surface area contributed by atoms with E-state index >= 15 is 0 Å². The molecular weight excluding hydrogens is 267 g/mol. The minimum atomic E-state index is -0.476. The maximum absolute atomic E-state index is 13.7. The van der Waals surface area contributed by atoms with Crippen molar-refractivity contribution < 1.29 is 4.39 Å². The Morgan fingerprint density at radius 2 is 2.00 bits per heavy atom. The van der Waals surface area contributed by atoms with Crippen LogP contribution in [0.3, 0.4) is 0 Å². The molecule has 1 aromatic carbocycles. The Kier molecular flexibility index (Phi) is 3.45. The zero-order chi connectivity index (χ0) is 14.2. The van der Waals surface area contributed by atoms with Crippen molar-refractivity contribution in [1.82, 2.24) is 9.97 Å². The van der Waals surface area contributed by atoms with Gasteiger partial charge in [-0.25, -0.2) is 9.37 Å². The molecule has 19 heavy (non-hydrogen) atoms. The van der Waals surface area contributed by atoms with Crippen LogP contribution in [0.5, 0.6) is 0 Å². The van der Waals surface area contributed by atoms with Crippen molar-refractivity contribution in [3.8, 4) is 11.4 Å². The van der Waals surface area contributed by atoms with E-state index in [0.717, 1.165) is 0 Å². The smallest absolute Gasteiger partial charge is 0.254 e. The molecule has 5 heteroatoms. The van der Waals surface area contributed by atoms with Gasteiger partial charge in [0.15, 0.2) is 0 Å². The highest BCUT2D eigenvalue weighted by Crippen LogP contribution is 2.23. The lowest BCUT2D eigenvalue weighted by Gasteiger charge is -2.17. The largest absolute Gasteiger partial charge is 0.306 e. The van der Waals surface area contributed by atoms with Gasteiger partial charge in [-0.2, -0.15) is 0 Å². The average molecular weight is 281 g/mol. The standard InChI is InChI=1S/C14H14ClFN2O/c1-14(2,3)10-7-17-12(18-13(10)19)9-6-8(15)4-5-11(9)16/h4-7H,1-3H3,(H,17,18,19). The molecule has 0 unspecified atom stereocenters. The van der Waals surface area contributed by atoms with E-state index in [2.05, 4.69) is 9.97 Å². The number of hydrogen-bond acceptors (Lipinski definition) is 2. The monoisotopic (exact) mass is 280 g/mol. The number of nitrogens with zero attached hydrogens (tertiary/aromatic N) is 1. The highest BCUT2D eigenvalue weighted by atomic mass is 35.5. The summed E-state index contributed by atoms with van der Waals surface area (Å²) in [5.41, 5.74) is 0.159. The molecule has 0 atom stereocenters.